The summed E-state index contributed by atoms with van der Waals surface area (Å²) in [5.74, 6) is 0.907. The number of nitrogen functional groups attached to an aromatic ring is 1. The van der Waals surface area contributed by atoms with Crippen LogP contribution in [0.25, 0.3) is 10.9 Å². The second-order valence-electron chi connectivity index (χ2n) is 6.11. The number of hydrogen-bond donors (Lipinski definition) is 2. The number of aromatic nitrogens is 5. The third kappa shape index (κ3) is 3.59. The van der Waals surface area contributed by atoms with Gasteiger partial charge in [-0.05, 0) is 31.2 Å². The molecule has 0 bridgehead atoms. The summed E-state index contributed by atoms with van der Waals surface area (Å²) in [5, 5.41) is 7.91. The number of benzene rings is 2. The first-order valence-electron chi connectivity index (χ1n) is 8.37. The fourth-order valence-corrected chi connectivity index (χ4v) is 2.75. The summed E-state index contributed by atoms with van der Waals surface area (Å²) in [4.78, 5) is 24.7. The van der Waals surface area contributed by atoms with Crippen molar-refractivity contribution in [3.05, 3.63) is 76.3 Å². The number of nitrogens with one attached hydrogen (secondary N) is 1. The molecule has 0 atom stereocenters. The molecule has 4 aromatic rings. The Morgan fingerprint density at radius 3 is 2.63 bits per heavy atom. The lowest BCUT2D eigenvalue weighted by Crippen LogP contribution is -2.16. The van der Waals surface area contributed by atoms with Gasteiger partial charge in [-0.1, -0.05) is 29.8 Å². The van der Waals surface area contributed by atoms with E-state index in [9.17, 15) is 4.79 Å². The van der Waals surface area contributed by atoms with Crippen molar-refractivity contribution < 1.29 is 0 Å². The number of aryl methyl sites for hydroxylation is 1. The number of para-hydroxylation sites is 1. The zero-order chi connectivity index (χ0) is 18.8. The number of anilines is 3. The normalized spacial score (nSPS) is 10.9. The average Bonchev–Trinajstić information content (AvgIpc) is 2.66. The van der Waals surface area contributed by atoms with Crippen LogP contribution in [0, 0.1) is 6.92 Å². The Bertz CT molecular complexity index is 1170. The van der Waals surface area contributed by atoms with Crippen LogP contribution in [0.15, 0.2) is 59.5 Å². The molecule has 0 aliphatic rings. The predicted molar refractivity (Wildman–Crippen MR) is 104 cm³/mol. The number of fused-ring (bicyclic) bond motifs is 1. The molecule has 8 heteroatoms. The van der Waals surface area contributed by atoms with E-state index in [0.29, 0.717) is 22.7 Å². The summed E-state index contributed by atoms with van der Waals surface area (Å²) in [6.07, 6.45) is 1.29. The monoisotopic (exact) mass is 359 g/mol. The van der Waals surface area contributed by atoms with Crippen molar-refractivity contribution in [3.63, 3.8) is 0 Å². The maximum Gasteiger partial charge on any atom is 0.232 e. The van der Waals surface area contributed by atoms with Crippen LogP contribution in [-0.4, -0.2) is 24.7 Å². The fourth-order valence-electron chi connectivity index (χ4n) is 2.75. The third-order valence-electron chi connectivity index (χ3n) is 4.06. The number of rotatable bonds is 4. The zero-order valence-corrected chi connectivity index (χ0v) is 14.6. The summed E-state index contributed by atoms with van der Waals surface area (Å²) in [5.41, 5.74) is 8.44. The third-order valence-corrected chi connectivity index (χ3v) is 4.06. The van der Waals surface area contributed by atoms with Gasteiger partial charge in [0.25, 0.3) is 0 Å². The molecule has 134 valence electrons. The van der Waals surface area contributed by atoms with Gasteiger partial charge in [0.2, 0.25) is 17.3 Å². The first kappa shape index (κ1) is 16.6. The zero-order valence-electron chi connectivity index (χ0n) is 14.6. The molecule has 0 spiro atoms. The predicted octanol–water partition coefficient (Wildman–Crippen LogP) is 2.26. The molecule has 27 heavy (non-hydrogen) atoms. The van der Waals surface area contributed by atoms with Crippen LogP contribution >= 0.6 is 0 Å². The van der Waals surface area contributed by atoms with Crippen molar-refractivity contribution in [3.8, 4) is 0 Å². The Hall–Kier alpha value is -3.81. The molecule has 0 saturated heterocycles. The van der Waals surface area contributed by atoms with E-state index in [4.69, 9.17) is 5.73 Å². The minimum Gasteiger partial charge on any atom is -0.368 e. The van der Waals surface area contributed by atoms with Crippen molar-refractivity contribution in [1.82, 2.24) is 24.7 Å². The molecule has 0 aliphatic heterocycles. The van der Waals surface area contributed by atoms with Gasteiger partial charge in [-0.15, -0.1) is 0 Å². The highest BCUT2D eigenvalue weighted by Gasteiger charge is 2.09. The summed E-state index contributed by atoms with van der Waals surface area (Å²) < 4.78 is 1.67. The molecule has 0 fully saturated rings. The quantitative estimate of drug-likeness (QED) is 0.575. The van der Waals surface area contributed by atoms with E-state index in [1.807, 2.05) is 49.4 Å². The highest BCUT2D eigenvalue weighted by molar-refractivity contribution is 5.77. The molecule has 0 saturated carbocycles. The molecule has 0 unspecified atom stereocenters. The van der Waals surface area contributed by atoms with Crippen LogP contribution < -0.4 is 16.5 Å². The van der Waals surface area contributed by atoms with Crippen LogP contribution in [0.5, 0.6) is 0 Å². The highest BCUT2D eigenvalue weighted by Crippen LogP contribution is 2.15. The summed E-state index contributed by atoms with van der Waals surface area (Å²) in [6, 6.07) is 15.1. The van der Waals surface area contributed by atoms with E-state index in [1.54, 1.807) is 10.7 Å². The lowest BCUT2D eigenvalue weighted by Gasteiger charge is -2.10. The van der Waals surface area contributed by atoms with Gasteiger partial charge in [0, 0.05) is 11.1 Å². The van der Waals surface area contributed by atoms with Crippen LogP contribution in [0.1, 0.15) is 11.4 Å². The van der Waals surface area contributed by atoms with Gasteiger partial charge < -0.3 is 11.1 Å². The van der Waals surface area contributed by atoms with Crippen molar-refractivity contribution in [1.29, 1.82) is 0 Å². The van der Waals surface area contributed by atoms with Crippen LogP contribution in [0.3, 0.4) is 0 Å². The Kier molecular flexibility index (Phi) is 4.21. The Labute approximate surface area is 154 Å². The number of nitrogens with two attached hydrogens (primary N) is 1. The molecule has 0 amide bonds. The van der Waals surface area contributed by atoms with Gasteiger partial charge in [0.05, 0.1) is 11.7 Å². The molecule has 2 aromatic carbocycles. The van der Waals surface area contributed by atoms with E-state index >= 15 is 0 Å². The molecule has 2 heterocycles. The standard InChI is InChI=1S/C19H17N7O/c1-12-6-8-13(9-7-12)22-19-24-17(23-18(20)25-19)11-26-15-5-3-2-4-14(15)16(27)10-21-26/h2-10H,11H2,1H3,(H3,20,22,23,24,25). The molecular weight excluding hydrogens is 342 g/mol. The second kappa shape index (κ2) is 6.83. The molecule has 2 aromatic heterocycles. The van der Waals surface area contributed by atoms with Gasteiger partial charge in [-0.3, -0.25) is 9.48 Å². The van der Waals surface area contributed by atoms with Crippen LogP contribution in [0.4, 0.5) is 17.6 Å². The summed E-state index contributed by atoms with van der Waals surface area (Å²) in [6.45, 7) is 2.28. The Balaban J connectivity index is 1.67. The fraction of sp³-hybridized carbons (Fsp3) is 0.105. The minimum atomic E-state index is -0.126. The van der Waals surface area contributed by atoms with Gasteiger partial charge in [0.15, 0.2) is 5.82 Å². The molecule has 8 nitrogen and oxygen atoms in total. The van der Waals surface area contributed by atoms with Crippen LogP contribution in [-0.2, 0) is 6.54 Å². The molecule has 4 rings (SSSR count). The van der Waals surface area contributed by atoms with Crippen molar-refractivity contribution in [2.45, 2.75) is 13.5 Å². The van der Waals surface area contributed by atoms with E-state index in [2.05, 4.69) is 25.4 Å². The molecular formula is C19H17N7O. The topological polar surface area (TPSA) is 112 Å². The average molecular weight is 359 g/mol. The second-order valence-corrected chi connectivity index (χ2v) is 6.11. The number of hydrogen-bond acceptors (Lipinski definition) is 7. The summed E-state index contributed by atoms with van der Waals surface area (Å²) >= 11 is 0. The van der Waals surface area contributed by atoms with Crippen molar-refractivity contribution >= 4 is 28.5 Å². The maximum atomic E-state index is 12.0. The van der Waals surface area contributed by atoms with Crippen molar-refractivity contribution in [2.24, 2.45) is 0 Å². The van der Waals surface area contributed by atoms with E-state index in [0.717, 1.165) is 11.3 Å². The van der Waals surface area contributed by atoms with Gasteiger partial charge in [0.1, 0.15) is 6.54 Å². The van der Waals surface area contributed by atoms with E-state index in [1.165, 1.54) is 6.20 Å². The lowest BCUT2D eigenvalue weighted by atomic mass is 10.2. The van der Waals surface area contributed by atoms with E-state index < -0.39 is 0 Å². The Morgan fingerprint density at radius 2 is 1.81 bits per heavy atom. The largest absolute Gasteiger partial charge is 0.368 e. The maximum absolute atomic E-state index is 12.0. The minimum absolute atomic E-state index is 0.111. The smallest absolute Gasteiger partial charge is 0.232 e. The molecule has 3 N–H and O–H groups in total. The Morgan fingerprint density at radius 1 is 1.04 bits per heavy atom. The van der Waals surface area contributed by atoms with Gasteiger partial charge in [-0.25, -0.2) is 0 Å². The molecule has 0 aliphatic carbocycles. The van der Waals surface area contributed by atoms with Gasteiger partial charge >= 0.3 is 0 Å². The van der Waals surface area contributed by atoms with Gasteiger partial charge in [-0.2, -0.15) is 20.1 Å². The number of nitrogens with zero attached hydrogens (tertiary/aromatic N) is 5. The SMILES string of the molecule is Cc1ccc(Nc2nc(N)nc(Cn3ncc(=O)c4ccccc43)n2)cc1. The van der Waals surface area contributed by atoms with Crippen molar-refractivity contribution in [2.75, 3.05) is 11.1 Å². The van der Waals surface area contributed by atoms with E-state index in [-0.39, 0.29) is 17.9 Å². The first-order chi connectivity index (χ1) is 13.1. The first-order valence-corrected chi connectivity index (χ1v) is 8.37. The summed E-state index contributed by atoms with van der Waals surface area (Å²) in [7, 11) is 0. The highest BCUT2D eigenvalue weighted by atomic mass is 16.1. The molecule has 0 radical (unpaired) electrons. The van der Waals surface area contributed by atoms with Crippen LogP contribution in [0.2, 0.25) is 0 Å². The lowest BCUT2D eigenvalue weighted by molar-refractivity contribution is 0.661.